The highest BCUT2D eigenvalue weighted by Gasteiger charge is 2.45. The van der Waals surface area contributed by atoms with Crippen molar-refractivity contribution in [2.75, 3.05) is 64.0 Å². The van der Waals surface area contributed by atoms with Crippen molar-refractivity contribution in [2.24, 2.45) is 5.41 Å². The lowest BCUT2D eigenvalue weighted by atomic mass is 9.85. The number of hydrogen-bond donors (Lipinski definition) is 4. The van der Waals surface area contributed by atoms with Crippen LogP contribution in [0.1, 0.15) is 83.5 Å². The summed E-state index contributed by atoms with van der Waals surface area (Å²) in [7, 11) is 0. The van der Waals surface area contributed by atoms with Crippen LogP contribution in [0.15, 0.2) is 84.9 Å². The molecule has 0 unspecified atom stereocenters. The molecule has 0 saturated carbocycles. The molecule has 0 aliphatic carbocycles. The molecule has 0 spiro atoms. The lowest BCUT2D eigenvalue weighted by Crippen LogP contribution is -2.58. The Morgan fingerprint density at radius 3 is 2.51 bits per heavy atom. The van der Waals surface area contributed by atoms with Gasteiger partial charge in [0.2, 0.25) is 23.6 Å². The molecule has 82 heavy (non-hydrogen) atoms. The fourth-order valence-corrected chi connectivity index (χ4v) is 12.5. The number of nitrogens with one attached hydrogen (secondary N) is 2. The number of ether oxygens (including phenoxy) is 2. The summed E-state index contributed by atoms with van der Waals surface area (Å²) in [6, 6.07) is 19.2. The minimum atomic E-state index is -1.00. The summed E-state index contributed by atoms with van der Waals surface area (Å²) < 4.78 is 29.5. The number of β-amino-alcohol motifs (C(OH)–C–C–N with tert-alkyl or cyclic N) is 1. The number of benzene rings is 4. The number of aryl methyl sites for hydroxylation is 1. The maximum absolute atomic E-state index is 17.3. The van der Waals surface area contributed by atoms with E-state index in [1.54, 1.807) is 28.4 Å². The first kappa shape index (κ1) is 59.3. The third-order valence-corrected chi connectivity index (χ3v) is 17.0. The topological polar surface area (TPSA) is 227 Å². The van der Waals surface area contributed by atoms with Gasteiger partial charge in [0.05, 0.1) is 51.8 Å². The number of hydrogen-bond acceptors (Lipinski definition) is 15. The van der Waals surface area contributed by atoms with E-state index < -0.39 is 47.3 Å². The monoisotopic (exact) mass is 1160 g/mol. The second-order valence-electron chi connectivity index (χ2n) is 22.5. The van der Waals surface area contributed by atoms with Crippen LogP contribution in [-0.2, 0) is 23.9 Å². The number of fused-ring (bicyclic) bond motifs is 2. The number of rotatable bonds is 20. The Kier molecular flexibility index (Phi) is 18.7. The highest BCUT2D eigenvalue weighted by Crippen LogP contribution is 2.43. The summed E-state index contributed by atoms with van der Waals surface area (Å²) in [5.74, 6) is -2.07. The minimum absolute atomic E-state index is 0.0125. The largest absolute Gasteiger partial charge is 0.508 e. The molecular formula is C61H70ClFN10O8S. The molecular weight excluding hydrogens is 1090 g/mol. The molecule has 9 rings (SSSR count). The molecule has 4 N–H and O–H groups in total. The first-order valence-electron chi connectivity index (χ1n) is 27.8. The van der Waals surface area contributed by atoms with Crippen LogP contribution in [0.4, 0.5) is 10.2 Å². The molecule has 3 fully saturated rings. The number of unbranched alkanes of at least 4 members (excludes halogenated alkanes) is 1. The molecule has 0 bridgehead atoms. The van der Waals surface area contributed by atoms with Gasteiger partial charge in [-0.25, -0.2) is 9.37 Å². The van der Waals surface area contributed by atoms with Gasteiger partial charge >= 0.3 is 6.01 Å². The second kappa shape index (κ2) is 25.9. The van der Waals surface area contributed by atoms with E-state index in [1.165, 1.54) is 17.0 Å². The van der Waals surface area contributed by atoms with E-state index >= 15 is 4.39 Å². The van der Waals surface area contributed by atoms with E-state index in [-0.39, 0.29) is 104 Å². The Balaban J connectivity index is 0.803. The van der Waals surface area contributed by atoms with Crippen molar-refractivity contribution < 1.29 is 43.3 Å². The zero-order valence-electron chi connectivity index (χ0n) is 46.9. The number of aromatic nitrogens is 3. The Labute approximate surface area is 485 Å². The maximum Gasteiger partial charge on any atom is 0.319 e. The molecule has 18 nitrogen and oxygen atoms in total. The van der Waals surface area contributed by atoms with Crippen LogP contribution in [0.5, 0.6) is 11.8 Å². The Hall–Kier alpha value is -7.28. The number of piperazine rings is 1. The molecule has 4 aromatic carbocycles. The molecule has 2 aromatic heterocycles. The van der Waals surface area contributed by atoms with Gasteiger partial charge in [0.1, 0.15) is 42.4 Å². The number of thiazole rings is 1. The highest BCUT2D eigenvalue weighted by atomic mass is 35.5. The number of carbonyl (C=O) groups excluding carboxylic acids is 4. The number of aromatic hydroxyl groups is 1. The molecule has 3 saturated heterocycles. The quantitative estimate of drug-likeness (QED) is 0.0415. The van der Waals surface area contributed by atoms with Crippen LogP contribution in [0, 0.1) is 29.5 Å². The molecule has 6 aromatic rings. The van der Waals surface area contributed by atoms with Crippen molar-refractivity contribution >= 4 is 74.1 Å². The molecule has 5 heterocycles. The Morgan fingerprint density at radius 2 is 1.78 bits per heavy atom. The summed E-state index contributed by atoms with van der Waals surface area (Å²) in [6.45, 7) is 15.5. The van der Waals surface area contributed by atoms with Gasteiger partial charge in [-0.3, -0.25) is 24.1 Å². The van der Waals surface area contributed by atoms with Crippen molar-refractivity contribution in [3.8, 4) is 39.4 Å². The third-order valence-electron chi connectivity index (χ3n) is 15.7. The zero-order valence-corrected chi connectivity index (χ0v) is 48.4. The van der Waals surface area contributed by atoms with Gasteiger partial charge < -0.3 is 45.0 Å². The van der Waals surface area contributed by atoms with Gasteiger partial charge in [0.15, 0.2) is 5.82 Å². The van der Waals surface area contributed by atoms with Gasteiger partial charge in [-0.1, -0.05) is 87.5 Å². The summed E-state index contributed by atoms with van der Waals surface area (Å²) in [5.41, 5.74) is 4.33. The van der Waals surface area contributed by atoms with Crippen molar-refractivity contribution in [3.63, 3.8) is 0 Å². The number of carbonyl (C=O) groups is 4. The van der Waals surface area contributed by atoms with Crippen molar-refractivity contribution in [3.05, 3.63) is 107 Å². The Morgan fingerprint density at radius 1 is 1.00 bits per heavy atom. The lowest BCUT2D eigenvalue weighted by Gasteiger charge is -2.41. The van der Waals surface area contributed by atoms with Gasteiger partial charge in [0.25, 0.3) is 0 Å². The predicted molar refractivity (Wildman–Crippen MR) is 314 cm³/mol. The summed E-state index contributed by atoms with van der Waals surface area (Å²) in [4.78, 5) is 76.4. The number of aliphatic hydroxyl groups is 1. The third kappa shape index (κ3) is 13.3. The number of nitrogens with zero attached hydrogens (tertiary/aromatic N) is 8. The Bertz CT molecular complexity index is 3390. The van der Waals surface area contributed by atoms with Crippen LogP contribution in [-0.4, -0.2) is 153 Å². The van der Waals surface area contributed by atoms with Gasteiger partial charge in [-0.2, -0.15) is 15.2 Å². The zero-order chi connectivity index (χ0) is 58.4. The normalized spacial score (nSPS) is 19.3. The van der Waals surface area contributed by atoms with Gasteiger partial charge in [0, 0.05) is 56.2 Å². The average molecular weight is 1160 g/mol. The molecule has 6 atom stereocenters. The fourth-order valence-electron chi connectivity index (χ4n) is 11.4. The van der Waals surface area contributed by atoms with Gasteiger partial charge in [-0.15, -0.1) is 11.3 Å². The number of amides is 4. The number of phenols is 1. The lowest BCUT2D eigenvalue weighted by molar-refractivity contribution is -0.144. The number of anilines is 1. The summed E-state index contributed by atoms with van der Waals surface area (Å²) in [5, 5.41) is 38.9. The van der Waals surface area contributed by atoms with Crippen LogP contribution in [0.2, 0.25) is 5.02 Å². The molecule has 3 aliphatic rings. The van der Waals surface area contributed by atoms with Crippen molar-refractivity contribution in [1.29, 1.82) is 5.26 Å². The number of halogens is 2. The van der Waals surface area contributed by atoms with E-state index in [4.69, 9.17) is 26.1 Å². The fraction of sp³-hybridized carbons (Fsp3) is 0.443. The van der Waals surface area contributed by atoms with Crippen LogP contribution >= 0.6 is 22.9 Å². The molecule has 432 valence electrons. The molecule has 3 aliphatic heterocycles. The molecule has 4 amide bonds. The van der Waals surface area contributed by atoms with Crippen LogP contribution in [0.25, 0.3) is 43.2 Å². The smallest absolute Gasteiger partial charge is 0.319 e. The van der Waals surface area contributed by atoms with E-state index in [0.29, 0.717) is 47.1 Å². The predicted octanol–water partition coefficient (Wildman–Crippen LogP) is 8.51. The van der Waals surface area contributed by atoms with E-state index in [0.717, 1.165) is 47.5 Å². The first-order chi connectivity index (χ1) is 39.3. The van der Waals surface area contributed by atoms with Crippen LogP contribution in [0.3, 0.4) is 0 Å². The van der Waals surface area contributed by atoms with E-state index in [2.05, 4.69) is 38.1 Å². The number of aliphatic hydroxyl groups excluding tert-OH is 1. The SMILES string of the molecule is C=CC(=O)N1CCN(c2nc(OC[C@@H]3CCCN3CCCCOCC(=O)N[C@H](C(=O)N3C[C@H](O)C[C@H]3C(=O)N[C@@H](C)c3ccc(-c4scnc4C)cc3)C(C)(C)C)nc3c(F)c(-c4cc(O)cc5ccccc45)c(Cl)cc23)C[C@@H]1CC#N. The minimum Gasteiger partial charge on any atom is -0.508 e. The highest BCUT2D eigenvalue weighted by molar-refractivity contribution is 7.13. The standard InChI is InChI=1S/C61H70ClFN10O8S/c1-7-51(77)72-25-24-71(31-41(72)20-21-64)57-47-30-48(62)52(46-28-43(74)27-40-13-8-9-15-45(40)46)53(63)54(47)68-60(69-57)81-33-42-14-12-23-70(42)22-10-11-26-80-34-50(76)67-56(61(4,5)6)59(79)73-32-44(75)29-49(73)58(78)66-36(2)38-16-18-39(19-17-38)55-37(3)65-35-82-55/h7-9,13,15-19,27-28,30,35-36,41-42,44,49,56,74-75H,1,10-12,14,20,22-26,29,31-34H2,2-6H3,(H,66,78)(H,67,76)/t36-,41-,42-,44+,49-,56+/m0/s1. The summed E-state index contributed by atoms with van der Waals surface area (Å²) in [6.07, 6.45) is 3.59. The molecule has 21 heteroatoms. The van der Waals surface area contributed by atoms with Gasteiger partial charge in [-0.05, 0) is 110 Å². The summed E-state index contributed by atoms with van der Waals surface area (Å²) >= 11 is 8.54. The van der Waals surface area contributed by atoms with Crippen molar-refractivity contribution in [2.45, 2.75) is 109 Å². The average Bonchev–Trinajstić information content (AvgIpc) is 2.78. The number of nitriles is 1. The van der Waals surface area contributed by atoms with Crippen molar-refractivity contribution in [1.82, 2.24) is 40.3 Å². The van der Waals surface area contributed by atoms with E-state index in [9.17, 15) is 34.7 Å². The van der Waals surface area contributed by atoms with Crippen LogP contribution < -0.4 is 20.3 Å². The number of phenolic OH excluding ortho intramolecular Hbond substituents is 1. The van der Waals surface area contributed by atoms with E-state index in [1.807, 2.05) is 93.6 Å². The maximum atomic E-state index is 17.3. The first-order valence-corrected chi connectivity index (χ1v) is 29.1. The molecule has 0 radical (unpaired) electrons. The number of likely N-dealkylation sites (tertiary alicyclic amines) is 2. The second-order valence-corrected chi connectivity index (χ2v) is 23.7.